The van der Waals surface area contributed by atoms with E-state index in [1.54, 1.807) is 23.7 Å². The first-order valence-electron chi connectivity index (χ1n) is 8.50. The Morgan fingerprint density at radius 1 is 1.21 bits per heavy atom. The van der Waals surface area contributed by atoms with Crippen molar-refractivity contribution in [2.24, 2.45) is 5.10 Å². The summed E-state index contributed by atoms with van der Waals surface area (Å²) in [6.45, 7) is 5.44. The van der Waals surface area contributed by atoms with Crippen molar-refractivity contribution in [3.8, 4) is 11.4 Å². The zero-order valence-electron chi connectivity index (χ0n) is 15.7. The number of rotatable bonds is 6. The second-order valence-corrected chi connectivity index (χ2v) is 6.57. The van der Waals surface area contributed by atoms with Gasteiger partial charge in [0.05, 0.1) is 11.4 Å². The van der Waals surface area contributed by atoms with Gasteiger partial charge in [0.25, 0.3) is 5.91 Å². The number of benzene rings is 2. The van der Waals surface area contributed by atoms with Gasteiger partial charge >= 0.3 is 0 Å². The summed E-state index contributed by atoms with van der Waals surface area (Å²) >= 11 is 6.13. The number of aryl methyl sites for hydroxylation is 2. The average molecular weight is 399 g/mol. The lowest BCUT2D eigenvalue weighted by atomic mass is 10.1. The molecule has 28 heavy (non-hydrogen) atoms. The summed E-state index contributed by atoms with van der Waals surface area (Å²) in [6.07, 6.45) is 1.51. The summed E-state index contributed by atoms with van der Waals surface area (Å²) in [5.41, 5.74) is 6.64. The molecule has 1 amide bonds. The second-order valence-electron chi connectivity index (χ2n) is 6.19. The monoisotopic (exact) mass is 398 g/mol. The molecule has 0 atom stereocenters. The number of hydrogen-bond donors (Lipinski definition) is 1. The third-order valence-corrected chi connectivity index (χ3v) is 4.62. The number of hydrogen-bond acceptors (Lipinski definition) is 6. The van der Waals surface area contributed by atoms with Crippen molar-refractivity contribution in [1.82, 2.24) is 25.6 Å². The molecule has 8 nitrogen and oxygen atoms in total. The Labute approximate surface area is 167 Å². The van der Waals surface area contributed by atoms with Crippen LogP contribution in [0.4, 0.5) is 0 Å². The first kappa shape index (κ1) is 19.5. The summed E-state index contributed by atoms with van der Waals surface area (Å²) in [4.78, 5) is 12.0. The fourth-order valence-electron chi connectivity index (χ4n) is 2.52. The van der Waals surface area contributed by atoms with Gasteiger partial charge in [-0.05, 0) is 72.2 Å². The molecule has 0 unspecified atom stereocenters. The van der Waals surface area contributed by atoms with Gasteiger partial charge < -0.3 is 4.74 Å². The van der Waals surface area contributed by atoms with E-state index in [4.69, 9.17) is 16.3 Å². The molecule has 1 N–H and O–H groups in total. The van der Waals surface area contributed by atoms with Gasteiger partial charge in [0.1, 0.15) is 12.1 Å². The quantitative estimate of drug-likeness (QED) is 0.509. The van der Waals surface area contributed by atoms with Crippen molar-refractivity contribution in [2.75, 3.05) is 6.61 Å². The normalized spacial score (nSPS) is 11.4. The molecule has 2 aromatic carbocycles. The lowest BCUT2D eigenvalue weighted by Crippen LogP contribution is -2.25. The van der Waals surface area contributed by atoms with E-state index in [0.29, 0.717) is 16.5 Å². The molecule has 9 heteroatoms. The molecule has 0 spiro atoms. The largest absolute Gasteiger partial charge is 0.484 e. The first-order valence-corrected chi connectivity index (χ1v) is 8.88. The van der Waals surface area contributed by atoms with Gasteiger partial charge in [-0.1, -0.05) is 23.7 Å². The summed E-state index contributed by atoms with van der Waals surface area (Å²) < 4.78 is 7.07. The Morgan fingerprint density at radius 2 is 1.89 bits per heavy atom. The maximum absolute atomic E-state index is 12.0. The van der Waals surface area contributed by atoms with Gasteiger partial charge in [-0.25, -0.2) is 10.1 Å². The molecule has 0 aliphatic carbocycles. The summed E-state index contributed by atoms with van der Waals surface area (Å²) in [7, 11) is 0. The number of aromatic nitrogens is 4. The van der Waals surface area contributed by atoms with Crippen molar-refractivity contribution < 1.29 is 9.53 Å². The van der Waals surface area contributed by atoms with Crippen LogP contribution in [0.25, 0.3) is 5.69 Å². The van der Waals surface area contributed by atoms with E-state index < -0.39 is 0 Å². The van der Waals surface area contributed by atoms with E-state index in [9.17, 15) is 4.79 Å². The zero-order chi connectivity index (χ0) is 20.1. The Balaban J connectivity index is 1.56. The molecule has 0 bridgehead atoms. The van der Waals surface area contributed by atoms with Crippen molar-refractivity contribution in [3.63, 3.8) is 0 Å². The highest BCUT2D eigenvalue weighted by atomic mass is 35.5. The minimum absolute atomic E-state index is 0.143. The zero-order valence-corrected chi connectivity index (χ0v) is 16.4. The van der Waals surface area contributed by atoms with Crippen LogP contribution in [-0.4, -0.2) is 38.4 Å². The van der Waals surface area contributed by atoms with Crippen LogP contribution in [0.3, 0.4) is 0 Å². The Kier molecular flexibility index (Phi) is 6.00. The van der Waals surface area contributed by atoms with Crippen molar-refractivity contribution in [2.45, 2.75) is 20.8 Å². The van der Waals surface area contributed by atoms with Gasteiger partial charge in [0, 0.05) is 5.02 Å². The van der Waals surface area contributed by atoms with Crippen LogP contribution < -0.4 is 10.2 Å². The first-order chi connectivity index (χ1) is 13.4. The van der Waals surface area contributed by atoms with E-state index in [2.05, 4.69) is 26.1 Å². The molecule has 0 fully saturated rings. The fraction of sp³-hybridized carbons (Fsp3) is 0.211. The SMILES string of the molecule is C/C(=N/NC(=O)COc1cc(C)c(Cl)c(C)c1)c1ccc(-n2cnnn2)cc1. The van der Waals surface area contributed by atoms with Gasteiger partial charge in [0.2, 0.25) is 0 Å². The highest BCUT2D eigenvalue weighted by Crippen LogP contribution is 2.25. The van der Waals surface area contributed by atoms with E-state index in [1.165, 1.54) is 6.33 Å². The molecular formula is C19H19ClN6O2. The smallest absolute Gasteiger partial charge is 0.277 e. The number of amides is 1. The molecule has 0 saturated heterocycles. The van der Waals surface area contributed by atoms with E-state index >= 15 is 0 Å². The van der Waals surface area contributed by atoms with Crippen LogP contribution in [-0.2, 0) is 4.79 Å². The van der Waals surface area contributed by atoms with E-state index in [0.717, 1.165) is 22.4 Å². The van der Waals surface area contributed by atoms with Gasteiger partial charge in [-0.2, -0.15) is 5.10 Å². The van der Waals surface area contributed by atoms with Gasteiger partial charge in [-0.15, -0.1) is 5.10 Å². The Morgan fingerprint density at radius 3 is 2.50 bits per heavy atom. The number of carbonyl (C=O) groups is 1. The molecule has 144 valence electrons. The van der Waals surface area contributed by atoms with Crippen LogP contribution in [0.2, 0.25) is 5.02 Å². The number of ether oxygens (including phenoxy) is 1. The topological polar surface area (TPSA) is 94.3 Å². The van der Waals surface area contributed by atoms with E-state index in [-0.39, 0.29) is 12.5 Å². The van der Waals surface area contributed by atoms with Crippen molar-refractivity contribution in [1.29, 1.82) is 0 Å². The standard InChI is InChI=1S/C19H19ClN6O2/c1-12-8-17(9-13(2)19(12)20)28-10-18(27)23-22-14(3)15-4-6-16(7-5-15)26-11-21-24-25-26/h4-9,11H,10H2,1-3H3,(H,23,27)/b22-14-. The number of nitrogens with zero attached hydrogens (tertiary/aromatic N) is 5. The van der Waals surface area contributed by atoms with Crippen molar-refractivity contribution in [3.05, 3.63) is 64.4 Å². The average Bonchev–Trinajstić information content (AvgIpc) is 3.23. The fourth-order valence-corrected chi connectivity index (χ4v) is 2.63. The van der Waals surface area contributed by atoms with Crippen molar-refractivity contribution >= 4 is 23.2 Å². The minimum atomic E-state index is -0.352. The molecule has 0 radical (unpaired) electrons. The van der Waals surface area contributed by atoms with E-state index in [1.807, 2.05) is 38.1 Å². The molecular weight excluding hydrogens is 380 g/mol. The van der Waals surface area contributed by atoms with Gasteiger partial charge in [-0.3, -0.25) is 4.79 Å². The van der Waals surface area contributed by atoms with Crippen LogP contribution in [0.15, 0.2) is 47.8 Å². The number of nitrogens with one attached hydrogen (secondary N) is 1. The molecule has 0 saturated carbocycles. The molecule has 3 rings (SSSR count). The molecule has 0 aliphatic heterocycles. The predicted molar refractivity (Wildman–Crippen MR) is 106 cm³/mol. The lowest BCUT2D eigenvalue weighted by Gasteiger charge is -2.09. The summed E-state index contributed by atoms with van der Waals surface area (Å²) in [5.74, 6) is 0.239. The highest BCUT2D eigenvalue weighted by Gasteiger charge is 2.07. The maximum atomic E-state index is 12.0. The lowest BCUT2D eigenvalue weighted by molar-refractivity contribution is -0.123. The van der Waals surface area contributed by atoms with Crippen LogP contribution >= 0.6 is 11.6 Å². The molecule has 3 aromatic rings. The third-order valence-electron chi connectivity index (χ3n) is 4.03. The summed E-state index contributed by atoms with van der Waals surface area (Å²) in [5, 5.41) is 15.8. The number of tetrazole rings is 1. The second kappa shape index (κ2) is 8.62. The molecule has 1 aromatic heterocycles. The minimum Gasteiger partial charge on any atom is -0.484 e. The Bertz CT molecular complexity index is 977. The predicted octanol–water partition coefficient (Wildman–Crippen LogP) is 2.85. The molecule has 1 heterocycles. The van der Waals surface area contributed by atoms with Crippen LogP contribution in [0, 0.1) is 13.8 Å². The Hall–Kier alpha value is -3.26. The van der Waals surface area contributed by atoms with Gasteiger partial charge in [0.15, 0.2) is 6.61 Å². The maximum Gasteiger partial charge on any atom is 0.277 e. The summed E-state index contributed by atoms with van der Waals surface area (Å²) in [6, 6.07) is 11.1. The highest BCUT2D eigenvalue weighted by molar-refractivity contribution is 6.32. The number of halogens is 1. The third kappa shape index (κ3) is 4.72. The van der Waals surface area contributed by atoms with Crippen LogP contribution in [0.5, 0.6) is 5.75 Å². The molecule has 0 aliphatic rings. The number of hydrazone groups is 1. The van der Waals surface area contributed by atoms with Crippen LogP contribution in [0.1, 0.15) is 23.6 Å². The number of carbonyl (C=O) groups excluding carboxylic acids is 1.